The molecular weight excluding hydrogens is 162 g/mol. The van der Waals surface area contributed by atoms with Gasteiger partial charge in [0.25, 0.3) is 7.11 Å². The van der Waals surface area contributed by atoms with E-state index in [-0.39, 0.29) is 0 Å². The van der Waals surface area contributed by atoms with Gasteiger partial charge in [0, 0.05) is 6.08 Å². The van der Waals surface area contributed by atoms with E-state index in [0.717, 1.165) is 22.5 Å². The van der Waals surface area contributed by atoms with E-state index in [2.05, 4.69) is 12.6 Å². The van der Waals surface area contributed by atoms with E-state index in [1.165, 1.54) is 0 Å². The number of hydrogen-bond donors (Lipinski definition) is 0. The number of hydrogen-bond acceptors (Lipinski definition) is 1. The van der Waals surface area contributed by atoms with Gasteiger partial charge in [0.2, 0.25) is 0 Å². The van der Waals surface area contributed by atoms with Crippen molar-refractivity contribution in [2.75, 3.05) is 7.11 Å². The largest absolute Gasteiger partial charge is 0.349 e. The van der Waals surface area contributed by atoms with Crippen molar-refractivity contribution in [3.05, 3.63) is 35.5 Å². The molecule has 66 valence electrons. The molecule has 1 aliphatic carbocycles. The van der Waals surface area contributed by atoms with Crippen molar-refractivity contribution in [2.45, 2.75) is 13.3 Å². The van der Waals surface area contributed by atoms with Gasteiger partial charge < -0.3 is 0 Å². The van der Waals surface area contributed by atoms with Gasteiger partial charge in [-0.2, -0.15) is 5.26 Å². The first-order chi connectivity index (χ1) is 6.19. The minimum atomic E-state index is 0.419. The predicted octanol–water partition coefficient (Wildman–Crippen LogP) is 2.08. The Bertz CT molecular complexity index is 364. The highest BCUT2D eigenvalue weighted by molar-refractivity contribution is 6.08. The van der Waals surface area contributed by atoms with Crippen LogP contribution in [0, 0.1) is 11.3 Å². The van der Waals surface area contributed by atoms with E-state index in [0.29, 0.717) is 6.42 Å². The van der Waals surface area contributed by atoms with Gasteiger partial charge >= 0.3 is 5.78 Å². The van der Waals surface area contributed by atoms with Crippen molar-refractivity contribution in [3.8, 4) is 6.07 Å². The maximum atomic E-state index is 8.57. The third-order valence-corrected chi connectivity index (χ3v) is 2.01. The molecule has 0 saturated carbocycles. The summed E-state index contributed by atoms with van der Waals surface area (Å²) in [6.45, 7) is 5.82. The number of nitrogens with zero attached hydrogens (tertiary/aromatic N) is 1. The van der Waals surface area contributed by atoms with Gasteiger partial charge in [-0.25, -0.2) is 0 Å². The summed E-state index contributed by atoms with van der Waals surface area (Å²) in [6.07, 6.45) is 4.23. The Morgan fingerprint density at radius 3 is 2.77 bits per heavy atom. The molecule has 13 heavy (non-hydrogen) atoms. The molecule has 0 radical (unpaired) electrons. The van der Waals surface area contributed by atoms with Crippen molar-refractivity contribution in [1.29, 1.82) is 5.26 Å². The molecule has 2 nitrogen and oxygen atoms in total. The maximum absolute atomic E-state index is 8.57. The summed E-state index contributed by atoms with van der Waals surface area (Å²) < 4.78 is 5.12. The molecule has 0 amide bonds. The number of carbonyl (C=O) groups excluding carboxylic acids is 1. The fourth-order valence-corrected chi connectivity index (χ4v) is 1.26. The number of rotatable bonds is 1. The van der Waals surface area contributed by atoms with E-state index in [9.17, 15) is 0 Å². The van der Waals surface area contributed by atoms with Crippen LogP contribution in [0.5, 0.6) is 0 Å². The van der Waals surface area contributed by atoms with Gasteiger partial charge in [0.1, 0.15) is 0 Å². The molecule has 0 bridgehead atoms. The van der Waals surface area contributed by atoms with Crippen molar-refractivity contribution < 1.29 is 4.42 Å². The molecule has 0 aromatic carbocycles. The summed E-state index contributed by atoms with van der Waals surface area (Å²) in [5, 5.41) is 8.57. The lowest BCUT2D eigenvalue weighted by Gasteiger charge is -2.07. The van der Waals surface area contributed by atoms with Gasteiger partial charge in [-0.1, -0.05) is 6.58 Å². The minimum absolute atomic E-state index is 0.419. The van der Waals surface area contributed by atoms with Crippen molar-refractivity contribution in [2.24, 2.45) is 0 Å². The van der Waals surface area contributed by atoms with E-state index in [1.54, 1.807) is 7.11 Å². The highest BCUT2D eigenvalue weighted by atomic mass is 16.4. The van der Waals surface area contributed by atoms with Gasteiger partial charge in [-0.15, -0.1) is 0 Å². The van der Waals surface area contributed by atoms with Crippen LogP contribution in [-0.2, 0) is 4.42 Å². The lowest BCUT2D eigenvalue weighted by Crippen LogP contribution is -2.06. The Morgan fingerprint density at radius 2 is 2.23 bits per heavy atom. The second kappa shape index (κ2) is 3.86. The Balaban J connectivity index is 3.05. The normalized spacial score (nSPS) is 19.5. The average molecular weight is 174 g/mol. The lowest BCUT2D eigenvalue weighted by atomic mass is 9.94. The topological polar surface area (TPSA) is 35.1 Å². The Hall–Kier alpha value is -1.62. The fraction of sp³-hybridized carbons (Fsp3) is 0.273. The number of allylic oxidation sites excluding steroid dienone is 5. The molecule has 0 N–H and O–H groups in total. The van der Waals surface area contributed by atoms with Gasteiger partial charge in [-0.3, -0.25) is 4.42 Å². The van der Waals surface area contributed by atoms with Crippen LogP contribution in [0.4, 0.5) is 0 Å². The van der Waals surface area contributed by atoms with Crippen LogP contribution in [0.1, 0.15) is 13.3 Å². The maximum Gasteiger partial charge on any atom is 0.349 e. The van der Waals surface area contributed by atoms with Crippen molar-refractivity contribution in [3.63, 3.8) is 0 Å². The van der Waals surface area contributed by atoms with Crippen LogP contribution >= 0.6 is 0 Å². The van der Waals surface area contributed by atoms with Crippen molar-refractivity contribution >= 4 is 5.78 Å². The minimum Gasteiger partial charge on any atom is -0.257 e. The standard InChI is InChI=1S/C11H12NO/c1-8-6-9(2)11(13-3)7-10(8)4-5-12/h6-7H,2,4H2,1,3H3/q+1. The van der Waals surface area contributed by atoms with E-state index in [1.807, 2.05) is 19.1 Å². The fourth-order valence-electron chi connectivity index (χ4n) is 1.26. The molecule has 1 rings (SSSR count). The molecular formula is C11H12NO+. The molecule has 0 aliphatic heterocycles. The van der Waals surface area contributed by atoms with Gasteiger partial charge in [-0.05, 0) is 24.1 Å². The molecule has 0 heterocycles. The average Bonchev–Trinajstić information content (AvgIpc) is 2.10. The predicted molar refractivity (Wildman–Crippen MR) is 52.1 cm³/mol. The summed E-state index contributed by atoms with van der Waals surface area (Å²) in [4.78, 5) is 0. The van der Waals surface area contributed by atoms with E-state index >= 15 is 0 Å². The lowest BCUT2D eigenvalue weighted by molar-refractivity contribution is -0.418. The Morgan fingerprint density at radius 1 is 1.54 bits per heavy atom. The number of nitriles is 1. The summed E-state index contributed by atoms with van der Waals surface area (Å²) >= 11 is 0. The molecule has 0 atom stereocenters. The van der Waals surface area contributed by atoms with E-state index in [4.69, 9.17) is 9.69 Å². The third kappa shape index (κ3) is 1.94. The monoisotopic (exact) mass is 174 g/mol. The summed E-state index contributed by atoms with van der Waals surface area (Å²) in [5.74, 6) is 0.746. The SMILES string of the molecule is C=C1C=C(C)C(CC#N)=CC1=[O+]C. The molecule has 0 aromatic heterocycles. The van der Waals surface area contributed by atoms with Crippen LogP contribution in [0.2, 0.25) is 0 Å². The molecule has 0 spiro atoms. The second-order valence-corrected chi connectivity index (χ2v) is 2.93. The highest BCUT2D eigenvalue weighted by Crippen LogP contribution is 2.21. The summed E-state index contributed by atoms with van der Waals surface area (Å²) in [5.41, 5.74) is 2.96. The first-order valence-corrected chi connectivity index (χ1v) is 4.05. The zero-order valence-electron chi connectivity index (χ0n) is 7.92. The summed E-state index contributed by atoms with van der Waals surface area (Å²) in [6, 6.07) is 2.12. The van der Waals surface area contributed by atoms with E-state index < -0.39 is 0 Å². The Labute approximate surface area is 78.2 Å². The van der Waals surface area contributed by atoms with Crippen LogP contribution in [-0.4, -0.2) is 12.9 Å². The second-order valence-electron chi connectivity index (χ2n) is 2.93. The molecule has 0 aromatic rings. The molecule has 1 aliphatic rings. The van der Waals surface area contributed by atoms with Crippen molar-refractivity contribution in [1.82, 2.24) is 0 Å². The zero-order chi connectivity index (χ0) is 9.84. The van der Waals surface area contributed by atoms with Crippen LogP contribution in [0.25, 0.3) is 0 Å². The molecule has 0 unspecified atom stereocenters. The zero-order valence-corrected chi connectivity index (χ0v) is 7.92. The summed E-state index contributed by atoms with van der Waals surface area (Å²) in [7, 11) is 1.61. The first-order valence-electron chi connectivity index (χ1n) is 4.05. The third-order valence-electron chi connectivity index (χ3n) is 2.01. The van der Waals surface area contributed by atoms with Crippen LogP contribution in [0.15, 0.2) is 35.5 Å². The molecule has 0 fully saturated rings. The first kappa shape index (κ1) is 9.47. The van der Waals surface area contributed by atoms with Gasteiger partial charge in [0.15, 0.2) is 0 Å². The van der Waals surface area contributed by atoms with Gasteiger partial charge in [0.05, 0.1) is 18.1 Å². The van der Waals surface area contributed by atoms with Crippen LogP contribution < -0.4 is 0 Å². The highest BCUT2D eigenvalue weighted by Gasteiger charge is 2.18. The van der Waals surface area contributed by atoms with Crippen LogP contribution in [0.3, 0.4) is 0 Å². The smallest absolute Gasteiger partial charge is 0.257 e. The molecule has 2 heteroatoms. The number of ketones is 1. The molecule has 0 saturated heterocycles. The Kier molecular flexibility index (Phi) is 2.81. The quantitative estimate of drug-likeness (QED) is 0.442.